The predicted octanol–water partition coefficient (Wildman–Crippen LogP) is 1.67. The molecule has 1 saturated heterocycles. The molecule has 1 amide bonds. The molecule has 1 aromatic heterocycles. The number of aryl methyl sites for hydroxylation is 2. The summed E-state index contributed by atoms with van der Waals surface area (Å²) in [5.41, 5.74) is 0.794. The van der Waals surface area contributed by atoms with Crippen molar-refractivity contribution in [3.05, 3.63) is 47.8 Å². The Balaban J connectivity index is 1.55. The summed E-state index contributed by atoms with van der Waals surface area (Å²) in [5.74, 6) is -0.487. The lowest BCUT2D eigenvalue weighted by molar-refractivity contribution is -0.152. The average Bonchev–Trinajstić information content (AvgIpc) is 3.24. The number of aliphatic carboxylic acids is 1. The van der Waals surface area contributed by atoms with E-state index in [9.17, 15) is 14.7 Å². The summed E-state index contributed by atoms with van der Waals surface area (Å²) < 4.78 is 7.52. The van der Waals surface area contributed by atoms with Crippen molar-refractivity contribution in [2.45, 2.75) is 25.8 Å². The summed E-state index contributed by atoms with van der Waals surface area (Å²) in [4.78, 5) is 26.5. The van der Waals surface area contributed by atoms with E-state index in [1.807, 2.05) is 37.3 Å². The molecule has 2 atom stereocenters. The standard InChI is InChI=1S/C19H21N3O4/c1-13-6-8-20-22(13)9-7-17(23)21-10-15-14-4-2-3-5-16(14)26-12-19(15,11-21)18(24)25/h2-6,8,15H,7,9-12H2,1H3,(H,24,25)/t15-,19-/m1/s1. The van der Waals surface area contributed by atoms with Gasteiger partial charge in [-0.1, -0.05) is 18.2 Å². The van der Waals surface area contributed by atoms with E-state index < -0.39 is 11.4 Å². The first kappa shape index (κ1) is 16.6. The molecule has 4 rings (SSSR count). The van der Waals surface area contributed by atoms with Gasteiger partial charge in [0.25, 0.3) is 0 Å². The highest BCUT2D eigenvalue weighted by Crippen LogP contribution is 2.49. The number of likely N-dealkylation sites (tertiary alicyclic amines) is 1. The lowest BCUT2D eigenvalue weighted by Crippen LogP contribution is -2.46. The molecule has 0 bridgehead atoms. The molecule has 1 N–H and O–H groups in total. The summed E-state index contributed by atoms with van der Waals surface area (Å²) in [7, 11) is 0. The van der Waals surface area contributed by atoms with E-state index >= 15 is 0 Å². The van der Waals surface area contributed by atoms with Gasteiger partial charge >= 0.3 is 5.97 Å². The molecule has 1 fully saturated rings. The van der Waals surface area contributed by atoms with Gasteiger partial charge in [0.1, 0.15) is 17.8 Å². The number of nitrogens with zero attached hydrogens (tertiary/aromatic N) is 3. The van der Waals surface area contributed by atoms with Crippen LogP contribution in [0.5, 0.6) is 5.75 Å². The number of benzene rings is 1. The van der Waals surface area contributed by atoms with Crippen molar-refractivity contribution in [2.75, 3.05) is 19.7 Å². The third kappa shape index (κ3) is 2.55. The third-order valence-electron chi connectivity index (χ3n) is 5.57. The SMILES string of the molecule is Cc1ccnn1CCC(=O)N1C[C@@H]2c3ccccc3OC[C@]2(C(=O)O)C1. The maximum atomic E-state index is 12.7. The van der Waals surface area contributed by atoms with Crippen molar-refractivity contribution in [1.82, 2.24) is 14.7 Å². The number of carbonyl (C=O) groups excluding carboxylic acids is 1. The lowest BCUT2D eigenvalue weighted by atomic mass is 9.73. The fraction of sp³-hybridized carbons (Fsp3) is 0.421. The number of aromatic nitrogens is 2. The first-order valence-corrected chi connectivity index (χ1v) is 8.72. The first-order valence-electron chi connectivity index (χ1n) is 8.72. The second kappa shape index (κ2) is 6.16. The Bertz CT molecular complexity index is 862. The maximum Gasteiger partial charge on any atom is 0.315 e. The molecule has 2 aromatic rings. The maximum absolute atomic E-state index is 12.7. The normalized spacial score (nSPS) is 23.9. The zero-order chi connectivity index (χ0) is 18.3. The zero-order valence-corrected chi connectivity index (χ0v) is 14.6. The highest BCUT2D eigenvalue weighted by Gasteiger charge is 2.57. The van der Waals surface area contributed by atoms with Gasteiger partial charge in [0.05, 0.1) is 0 Å². The minimum atomic E-state index is -1.08. The molecular weight excluding hydrogens is 334 g/mol. The molecule has 0 saturated carbocycles. The van der Waals surface area contributed by atoms with Gasteiger partial charge in [-0.15, -0.1) is 0 Å². The minimum absolute atomic E-state index is 0.0487. The van der Waals surface area contributed by atoms with Crippen molar-refractivity contribution < 1.29 is 19.4 Å². The number of carboxylic acids is 1. The summed E-state index contributed by atoms with van der Waals surface area (Å²) >= 11 is 0. The second-order valence-corrected chi connectivity index (χ2v) is 7.06. The number of carboxylic acid groups (broad SMARTS) is 1. The predicted molar refractivity (Wildman–Crippen MR) is 92.9 cm³/mol. The Hall–Kier alpha value is -2.83. The average molecular weight is 355 g/mol. The molecule has 3 heterocycles. The van der Waals surface area contributed by atoms with Crippen molar-refractivity contribution in [1.29, 1.82) is 0 Å². The summed E-state index contributed by atoms with van der Waals surface area (Å²) in [6.07, 6.45) is 2.01. The summed E-state index contributed by atoms with van der Waals surface area (Å²) in [5, 5.41) is 14.1. The molecule has 2 aliphatic heterocycles. The molecule has 0 aliphatic carbocycles. The zero-order valence-electron chi connectivity index (χ0n) is 14.6. The van der Waals surface area contributed by atoms with Crippen LogP contribution in [0.2, 0.25) is 0 Å². The molecule has 0 unspecified atom stereocenters. The number of amides is 1. The van der Waals surface area contributed by atoms with E-state index in [-0.39, 0.29) is 25.0 Å². The van der Waals surface area contributed by atoms with E-state index in [1.54, 1.807) is 15.8 Å². The van der Waals surface area contributed by atoms with Crippen LogP contribution in [0, 0.1) is 12.3 Å². The van der Waals surface area contributed by atoms with E-state index in [4.69, 9.17) is 4.74 Å². The topological polar surface area (TPSA) is 84.7 Å². The van der Waals surface area contributed by atoms with Crippen molar-refractivity contribution in [2.24, 2.45) is 5.41 Å². The number of carbonyl (C=O) groups is 2. The Kier molecular flexibility index (Phi) is 3.94. The van der Waals surface area contributed by atoms with Gasteiger partial charge in [0.15, 0.2) is 0 Å². The molecule has 7 heteroatoms. The second-order valence-electron chi connectivity index (χ2n) is 7.06. The van der Waals surface area contributed by atoms with Gasteiger partial charge < -0.3 is 14.7 Å². The number of para-hydroxylation sites is 1. The highest BCUT2D eigenvalue weighted by atomic mass is 16.5. The quantitative estimate of drug-likeness (QED) is 0.902. The van der Waals surface area contributed by atoms with Gasteiger partial charge in [-0.2, -0.15) is 5.10 Å². The van der Waals surface area contributed by atoms with Crippen molar-refractivity contribution >= 4 is 11.9 Å². The fourth-order valence-electron chi connectivity index (χ4n) is 4.02. The first-order chi connectivity index (χ1) is 12.5. The van der Waals surface area contributed by atoms with Crippen LogP contribution in [0.3, 0.4) is 0 Å². The van der Waals surface area contributed by atoms with Crippen LogP contribution in [0.1, 0.15) is 23.6 Å². The molecule has 136 valence electrons. The third-order valence-corrected chi connectivity index (χ3v) is 5.57. The van der Waals surface area contributed by atoms with Crippen LogP contribution in [0.4, 0.5) is 0 Å². The Morgan fingerprint density at radius 3 is 2.88 bits per heavy atom. The molecule has 0 spiro atoms. The van der Waals surface area contributed by atoms with Crippen LogP contribution in [0.15, 0.2) is 36.5 Å². The highest BCUT2D eigenvalue weighted by molar-refractivity contribution is 5.82. The van der Waals surface area contributed by atoms with Gasteiger partial charge in [0.2, 0.25) is 5.91 Å². The number of ether oxygens (including phenoxy) is 1. The largest absolute Gasteiger partial charge is 0.492 e. The van der Waals surface area contributed by atoms with E-state index in [1.165, 1.54) is 0 Å². The lowest BCUT2D eigenvalue weighted by Gasteiger charge is -2.35. The molecule has 0 radical (unpaired) electrons. The van der Waals surface area contributed by atoms with E-state index in [0.717, 1.165) is 17.0 Å². The van der Waals surface area contributed by atoms with Gasteiger partial charge in [0, 0.05) is 49.4 Å². The Morgan fingerprint density at radius 2 is 2.15 bits per heavy atom. The number of hydrogen-bond acceptors (Lipinski definition) is 4. The van der Waals surface area contributed by atoms with Crippen LogP contribution in [0.25, 0.3) is 0 Å². The minimum Gasteiger partial charge on any atom is -0.492 e. The van der Waals surface area contributed by atoms with Gasteiger partial charge in [-0.3, -0.25) is 14.3 Å². The Morgan fingerprint density at radius 1 is 1.35 bits per heavy atom. The fourth-order valence-corrected chi connectivity index (χ4v) is 4.02. The van der Waals surface area contributed by atoms with Crippen LogP contribution < -0.4 is 4.74 Å². The molecule has 1 aromatic carbocycles. The van der Waals surface area contributed by atoms with Crippen LogP contribution in [-0.2, 0) is 16.1 Å². The summed E-state index contributed by atoms with van der Waals surface area (Å²) in [6, 6.07) is 9.40. The van der Waals surface area contributed by atoms with Gasteiger partial charge in [-0.25, -0.2) is 0 Å². The van der Waals surface area contributed by atoms with E-state index in [0.29, 0.717) is 19.5 Å². The van der Waals surface area contributed by atoms with Gasteiger partial charge in [-0.05, 0) is 19.1 Å². The van der Waals surface area contributed by atoms with Crippen LogP contribution >= 0.6 is 0 Å². The molecular formula is C19H21N3O4. The van der Waals surface area contributed by atoms with Crippen molar-refractivity contribution in [3.8, 4) is 5.75 Å². The van der Waals surface area contributed by atoms with Crippen LogP contribution in [-0.4, -0.2) is 51.4 Å². The number of rotatable bonds is 4. The number of fused-ring (bicyclic) bond motifs is 3. The summed E-state index contributed by atoms with van der Waals surface area (Å²) in [6.45, 7) is 3.11. The molecule has 26 heavy (non-hydrogen) atoms. The molecule has 7 nitrogen and oxygen atoms in total. The monoisotopic (exact) mass is 355 g/mol. The Labute approximate surface area is 151 Å². The van der Waals surface area contributed by atoms with Crippen molar-refractivity contribution in [3.63, 3.8) is 0 Å². The smallest absolute Gasteiger partial charge is 0.315 e. The molecule has 2 aliphatic rings. The number of hydrogen-bond donors (Lipinski definition) is 1. The van der Waals surface area contributed by atoms with E-state index in [2.05, 4.69) is 5.10 Å².